The Balaban J connectivity index is 1.52. The lowest BCUT2D eigenvalue weighted by atomic mass is 10.1. The Hall–Kier alpha value is -2.75. The van der Waals surface area contributed by atoms with E-state index >= 15 is 0 Å². The molecule has 2 aromatic rings. The first-order valence-corrected chi connectivity index (χ1v) is 10.7. The van der Waals surface area contributed by atoms with Crippen molar-refractivity contribution in [2.24, 2.45) is 0 Å². The molecule has 2 N–H and O–H groups in total. The lowest BCUT2D eigenvalue weighted by molar-refractivity contribution is -0.115. The molecule has 32 heavy (non-hydrogen) atoms. The van der Waals surface area contributed by atoms with Crippen molar-refractivity contribution in [1.29, 1.82) is 0 Å². The largest absolute Gasteiger partial charge is 0.481 e. The number of nitrogens with zero attached hydrogens (tertiary/aromatic N) is 2. The van der Waals surface area contributed by atoms with Gasteiger partial charge in [-0.25, -0.2) is 18.5 Å². The van der Waals surface area contributed by atoms with E-state index in [4.69, 9.17) is 16.3 Å². The smallest absolute Gasteiger partial charge is 0.329 e. The second-order valence-corrected chi connectivity index (χ2v) is 8.64. The van der Waals surface area contributed by atoms with Crippen LogP contribution in [-0.4, -0.2) is 53.7 Å². The van der Waals surface area contributed by atoms with E-state index in [9.17, 15) is 23.5 Å². The number of likely N-dealkylation sites (tertiary alicyclic amines) is 1. The predicted octanol–water partition coefficient (Wildman–Crippen LogP) is 2.79. The Morgan fingerprint density at radius 3 is 2.66 bits per heavy atom. The van der Waals surface area contributed by atoms with E-state index in [0.29, 0.717) is 37.1 Å². The summed E-state index contributed by atoms with van der Waals surface area (Å²) >= 11 is 6.09. The van der Waals surface area contributed by atoms with Crippen LogP contribution in [-0.2, 0) is 11.2 Å². The molecule has 0 saturated carbocycles. The summed E-state index contributed by atoms with van der Waals surface area (Å²) in [6.45, 7) is 0.860. The highest BCUT2D eigenvalue weighted by molar-refractivity contribution is 6.30. The number of carbonyl (C=O) groups is 2. The van der Waals surface area contributed by atoms with Crippen LogP contribution < -0.4 is 15.0 Å². The number of rotatable bonds is 4. The van der Waals surface area contributed by atoms with Gasteiger partial charge >= 0.3 is 6.03 Å². The van der Waals surface area contributed by atoms with E-state index < -0.39 is 35.8 Å². The van der Waals surface area contributed by atoms with Crippen LogP contribution in [0.3, 0.4) is 0 Å². The average molecular weight is 464 g/mol. The van der Waals surface area contributed by atoms with Gasteiger partial charge in [0.15, 0.2) is 11.6 Å². The third-order valence-electron chi connectivity index (χ3n) is 6.20. The zero-order valence-electron chi connectivity index (χ0n) is 16.9. The number of imide groups is 1. The first-order chi connectivity index (χ1) is 15.3. The Morgan fingerprint density at radius 1 is 1.16 bits per heavy atom. The van der Waals surface area contributed by atoms with Gasteiger partial charge < -0.3 is 15.2 Å². The number of halogens is 3. The maximum atomic E-state index is 14.7. The van der Waals surface area contributed by atoms with Crippen molar-refractivity contribution in [1.82, 2.24) is 10.2 Å². The third-order valence-corrected chi connectivity index (χ3v) is 6.42. The van der Waals surface area contributed by atoms with E-state index in [2.05, 4.69) is 5.32 Å². The Kier molecular flexibility index (Phi) is 5.27. The zero-order chi connectivity index (χ0) is 22.6. The van der Waals surface area contributed by atoms with Crippen LogP contribution in [0.4, 0.5) is 19.3 Å². The second-order valence-electron chi connectivity index (χ2n) is 8.21. The van der Waals surface area contributed by atoms with Gasteiger partial charge in [-0.3, -0.25) is 9.69 Å². The number of aliphatic hydroxyl groups excluding tert-OH is 1. The molecule has 2 fully saturated rings. The fourth-order valence-electron chi connectivity index (χ4n) is 4.69. The molecular formula is C22H20ClF2N3O4. The SMILES string of the molecule is O=C1CNC(=O)N1c1ccc(F)c(O[C@H]2c3cc(Cl)cc(F)c3C[C@@H]2N2CC[C@@H](O)C2)c1. The van der Waals surface area contributed by atoms with E-state index in [1.54, 1.807) is 6.07 Å². The van der Waals surface area contributed by atoms with Gasteiger partial charge in [0.2, 0.25) is 0 Å². The normalized spacial score (nSPS) is 25.4. The molecule has 3 aliphatic rings. The van der Waals surface area contributed by atoms with Crippen molar-refractivity contribution in [3.05, 3.63) is 58.1 Å². The molecule has 0 unspecified atom stereocenters. The number of benzene rings is 2. The van der Waals surface area contributed by atoms with E-state index in [-0.39, 0.29) is 29.0 Å². The number of hydrogen-bond donors (Lipinski definition) is 2. The second kappa shape index (κ2) is 7.99. The quantitative estimate of drug-likeness (QED) is 0.681. The maximum absolute atomic E-state index is 14.7. The first kappa shape index (κ1) is 21.1. The molecule has 2 heterocycles. The van der Waals surface area contributed by atoms with Crippen molar-refractivity contribution in [2.45, 2.75) is 31.1 Å². The number of urea groups is 1. The number of carbonyl (C=O) groups excluding carboxylic acids is 2. The van der Waals surface area contributed by atoms with Crippen molar-refractivity contribution in [3.63, 3.8) is 0 Å². The number of fused-ring (bicyclic) bond motifs is 1. The Bertz CT molecular complexity index is 1100. The fraction of sp³-hybridized carbons (Fsp3) is 0.364. The minimum absolute atomic E-state index is 0.139. The molecule has 3 amide bonds. The topological polar surface area (TPSA) is 82.1 Å². The zero-order valence-corrected chi connectivity index (χ0v) is 17.6. The molecule has 0 bridgehead atoms. The van der Waals surface area contributed by atoms with Crippen molar-refractivity contribution in [2.75, 3.05) is 24.5 Å². The van der Waals surface area contributed by atoms with Crippen LogP contribution in [0.1, 0.15) is 23.7 Å². The molecule has 0 spiro atoms. The van der Waals surface area contributed by atoms with Gasteiger partial charge in [-0.05, 0) is 42.7 Å². The van der Waals surface area contributed by atoms with Crippen molar-refractivity contribution < 1.29 is 28.2 Å². The van der Waals surface area contributed by atoms with Crippen LogP contribution in [0, 0.1) is 11.6 Å². The molecule has 2 aromatic carbocycles. The number of aliphatic hydroxyl groups is 1. The highest BCUT2D eigenvalue weighted by Crippen LogP contribution is 2.42. The molecule has 168 valence electrons. The fourth-order valence-corrected chi connectivity index (χ4v) is 4.90. The molecule has 5 rings (SSSR count). The molecule has 2 saturated heterocycles. The maximum Gasteiger partial charge on any atom is 0.329 e. The summed E-state index contributed by atoms with van der Waals surface area (Å²) in [5.74, 6) is -1.77. The molecule has 3 atom stereocenters. The number of hydrogen-bond acceptors (Lipinski definition) is 5. The average Bonchev–Trinajstić information content (AvgIpc) is 3.42. The molecule has 2 aliphatic heterocycles. The van der Waals surface area contributed by atoms with Crippen LogP contribution in [0.25, 0.3) is 0 Å². The Morgan fingerprint density at radius 2 is 1.97 bits per heavy atom. The minimum Gasteiger partial charge on any atom is -0.481 e. The van der Waals surface area contributed by atoms with Gasteiger partial charge in [0, 0.05) is 29.7 Å². The monoisotopic (exact) mass is 463 g/mol. The van der Waals surface area contributed by atoms with Crippen LogP contribution >= 0.6 is 11.6 Å². The number of β-amino-alcohol motifs (C(OH)–C–C–N with tert-alkyl or cyclic N) is 1. The summed E-state index contributed by atoms with van der Waals surface area (Å²) in [5, 5.41) is 12.6. The van der Waals surface area contributed by atoms with Crippen LogP contribution in [0.2, 0.25) is 5.02 Å². The Labute approximate surface area is 187 Å². The number of ether oxygens (including phenoxy) is 1. The van der Waals surface area contributed by atoms with E-state index in [0.717, 1.165) is 11.0 Å². The number of amides is 3. The van der Waals surface area contributed by atoms with E-state index in [1.165, 1.54) is 18.2 Å². The highest BCUT2D eigenvalue weighted by atomic mass is 35.5. The van der Waals surface area contributed by atoms with Gasteiger partial charge in [-0.1, -0.05) is 11.6 Å². The predicted molar refractivity (Wildman–Crippen MR) is 112 cm³/mol. The van der Waals surface area contributed by atoms with Gasteiger partial charge in [0.05, 0.1) is 24.4 Å². The molecular weight excluding hydrogens is 444 g/mol. The lowest BCUT2D eigenvalue weighted by Crippen LogP contribution is -2.39. The molecule has 7 nitrogen and oxygen atoms in total. The van der Waals surface area contributed by atoms with Gasteiger partial charge in [-0.15, -0.1) is 0 Å². The first-order valence-electron chi connectivity index (χ1n) is 10.3. The molecule has 0 radical (unpaired) electrons. The minimum atomic E-state index is -0.753. The van der Waals surface area contributed by atoms with Crippen molar-refractivity contribution >= 4 is 29.2 Å². The molecule has 10 heteroatoms. The standard InChI is InChI=1S/C22H20ClF2N3O4/c23-11-5-15-14(17(25)6-11)8-18(27-4-3-13(29)10-27)21(15)32-19-7-12(1-2-16(19)24)28-20(30)9-26-22(28)31/h1-2,5-7,13,18,21,29H,3-4,8-10H2,(H,26,31)/t13-,18+,21+/m1/s1. The molecule has 0 aromatic heterocycles. The summed E-state index contributed by atoms with van der Waals surface area (Å²) in [6.07, 6.45) is -0.341. The summed E-state index contributed by atoms with van der Waals surface area (Å²) in [5.41, 5.74) is 1.13. The van der Waals surface area contributed by atoms with Gasteiger partial charge in [0.1, 0.15) is 11.9 Å². The van der Waals surface area contributed by atoms with Crippen LogP contribution in [0.15, 0.2) is 30.3 Å². The summed E-state index contributed by atoms with van der Waals surface area (Å²) in [4.78, 5) is 27.0. The van der Waals surface area contributed by atoms with Gasteiger partial charge in [-0.2, -0.15) is 0 Å². The highest BCUT2D eigenvalue weighted by Gasteiger charge is 2.42. The summed E-state index contributed by atoms with van der Waals surface area (Å²) in [7, 11) is 0. The summed E-state index contributed by atoms with van der Waals surface area (Å²) in [6, 6.07) is 5.62. The third kappa shape index (κ3) is 3.60. The number of nitrogens with one attached hydrogen (secondary N) is 1. The van der Waals surface area contributed by atoms with E-state index in [1.807, 2.05) is 4.90 Å². The molecule has 1 aliphatic carbocycles. The van der Waals surface area contributed by atoms with Crippen LogP contribution in [0.5, 0.6) is 5.75 Å². The van der Waals surface area contributed by atoms with Gasteiger partial charge in [0.25, 0.3) is 5.91 Å². The lowest BCUT2D eigenvalue weighted by Gasteiger charge is -2.30. The number of anilines is 1. The summed E-state index contributed by atoms with van der Waals surface area (Å²) < 4.78 is 35.5. The van der Waals surface area contributed by atoms with Crippen molar-refractivity contribution in [3.8, 4) is 5.75 Å².